The summed E-state index contributed by atoms with van der Waals surface area (Å²) in [4.78, 5) is 14.7. The molecule has 2 saturated heterocycles. The van der Waals surface area contributed by atoms with Gasteiger partial charge in [-0.25, -0.2) is 0 Å². The quantitative estimate of drug-likeness (QED) is 0.877. The molecule has 4 rings (SSSR count). The number of piperidine rings is 1. The van der Waals surface area contributed by atoms with Gasteiger partial charge in [0, 0.05) is 31.4 Å². The molecule has 1 N–H and O–H groups in total. The van der Waals surface area contributed by atoms with Crippen LogP contribution in [0.4, 0.5) is 0 Å². The molecule has 102 valence electrons. The molecule has 1 amide bonds. The Balaban J connectivity index is 1.52. The summed E-state index contributed by atoms with van der Waals surface area (Å²) in [6.45, 7) is 2.94. The van der Waals surface area contributed by atoms with Crippen molar-refractivity contribution in [3.05, 3.63) is 24.0 Å². The molecule has 1 aromatic rings. The van der Waals surface area contributed by atoms with Gasteiger partial charge >= 0.3 is 0 Å². The van der Waals surface area contributed by atoms with Crippen molar-refractivity contribution in [2.24, 2.45) is 5.92 Å². The number of carbonyl (C=O) groups excluding carboxylic acids is 1. The third kappa shape index (κ3) is 1.98. The normalized spacial score (nSPS) is 30.4. The highest BCUT2D eigenvalue weighted by atomic mass is 16.2. The molecule has 0 radical (unpaired) electrons. The Morgan fingerprint density at radius 1 is 1.26 bits per heavy atom. The van der Waals surface area contributed by atoms with E-state index in [1.807, 2.05) is 12.1 Å². The fourth-order valence-electron chi connectivity index (χ4n) is 3.62. The summed E-state index contributed by atoms with van der Waals surface area (Å²) in [5.74, 6) is 0.898. The predicted molar refractivity (Wildman–Crippen MR) is 73.1 cm³/mol. The third-order valence-corrected chi connectivity index (χ3v) is 4.82. The van der Waals surface area contributed by atoms with E-state index < -0.39 is 0 Å². The lowest BCUT2D eigenvalue weighted by molar-refractivity contribution is 0.0774. The van der Waals surface area contributed by atoms with Crippen LogP contribution < -0.4 is 5.32 Å². The van der Waals surface area contributed by atoms with Gasteiger partial charge in [-0.15, -0.1) is 0 Å². The van der Waals surface area contributed by atoms with Crippen LogP contribution in [0, 0.1) is 5.92 Å². The van der Waals surface area contributed by atoms with Gasteiger partial charge in [0.25, 0.3) is 5.91 Å². The van der Waals surface area contributed by atoms with Crippen molar-refractivity contribution in [1.82, 2.24) is 14.8 Å². The van der Waals surface area contributed by atoms with Gasteiger partial charge in [-0.1, -0.05) is 0 Å². The molecule has 1 saturated carbocycles. The topological polar surface area (TPSA) is 37.3 Å². The first-order valence-electron chi connectivity index (χ1n) is 7.52. The average molecular weight is 259 g/mol. The summed E-state index contributed by atoms with van der Waals surface area (Å²) in [7, 11) is 0. The van der Waals surface area contributed by atoms with Crippen LogP contribution in [0.3, 0.4) is 0 Å². The van der Waals surface area contributed by atoms with Gasteiger partial charge in [0.15, 0.2) is 0 Å². The van der Waals surface area contributed by atoms with Crippen molar-refractivity contribution in [3.8, 4) is 0 Å². The maximum atomic E-state index is 12.7. The number of hydrogen-bond acceptors (Lipinski definition) is 2. The van der Waals surface area contributed by atoms with Crippen LogP contribution in [0.15, 0.2) is 18.3 Å². The van der Waals surface area contributed by atoms with Gasteiger partial charge in [-0.05, 0) is 50.3 Å². The number of nitrogens with one attached hydrogen (secondary N) is 1. The monoisotopic (exact) mass is 259 g/mol. The van der Waals surface area contributed by atoms with Crippen molar-refractivity contribution < 1.29 is 4.79 Å². The van der Waals surface area contributed by atoms with Gasteiger partial charge in [0.1, 0.15) is 5.69 Å². The minimum absolute atomic E-state index is 0.230. The molecule has 0 aromatic carbocycles. The largest absolute Gasteiger partial charge is 0.340 e. The summed E-state index contributed by atoms with van der Waals surface area (Å²) in [5.41, 5.74) is 0.890. The molecule has 2 aliphatic heterocycles. The minimum Gasteiger partial charge on any atom is -0.340 e. The standard InChI is InChI=1S/C15H21N3O/c19-15(14-4-2-8-18(14)12-5-6-12)17-9-11-3-1-7-16-13(11)10-17/h2,4,8,11-13,16H,1,3,5-7,9-10H2. The van der Waals surface area contributed by atoms with Crippen molar-refractivity contribution in [2.45, 2.75) is 37.8 Å². The number of amides is 1. The summed E-state index contributed by atoms with van der Waals surface area (Å²) in [5, 5.41) is 3.56. The van der Waals surface area contributed by atoms with Crippen LogP contribution in [-0.2, 0) is 0 Å². The Labute approximate surface area is 113 Å². The number of aromatic nitrogens is 1. The second-order valence-corrected chi connectivity index (χ2v) is 6.20. The highest BCUT2D eigenvalue weighted by molar-refractivity contribution is 5.93. The number of hydrogen-bond donors (Lipinski definition) is 1. The molecule has 1 aromatic heterocycles. The summed E-state index contributed by atoms with van der Waals surface area (Å²) < 4.78 is 2.18. The first kappa shape index (κ1) is 11.5. The number of carbonyl (C=O) groups is 1. The van der Waals surface area contributed by atoms with Gasteiger partial charge in [-0.3, -0.25) is 4.79 Å². The van der Waals surface area contributed by atoms with Gasteiger partial charge in [-0.2, -0.15) is 0 Å². The van der Waals surface area contributed by atoms with Crippen molar-refractivity contribution in [3.63, 3.8) is 0 Å². The Hall–Kier alpha value is -1.29. The van der Waals surface area contributed by atoms with Crippen LogP contribution in [0.5, 0.6) is 0 Å². The van der Waals surface area contributed by atoms with Crippen molar-refractivity contribution >= 4 is 5.91 Å². The predicted octanol–water partition coefficient (Wildman–Crippen LogP) is 1.65. The first-order chi connectivity index (χ1) is 9.33. The lowest BCUT2D eigenvalue weighted by atomic mass is 9.94. The first-order valence-corrected chi connectivity index (χ1v) is 7.52. The van der Waals surface area contributed by atoms with E-state index in [0.29, 0.717) is 18.0 Å². The van der Waals surface area contributed by atoms with E-state index in [-0.39, 0.29) is 5.91 Å². The smallest absolute Gasteiger partial charge is 0.270 e. The van der Waals surface area contributed by atoms with Crippen molar-refractivity contribution in [2.75, 3.05) is 19.6 Å². The molecule has 4 heteroatoms. The number of likely N-dealkylation sites (tertiary alicyclic amines) is 1. The van der Waals surface area contributed by atoms with E-state index >= 15 is 0 Å². The zero-order valence-electron chi connectivity index (χ0n) is 11.2. The van der Waals surface area contributed by atoms with Gasteiger partial charge in [0.2, 0.25) is 0 Å². The Morgan fingerprint density at radius 2 is 2.16 bits per heavy atom. The van der Waals surface area contributed by atoms with Crippen molar-refractivity contribution in [1.29, 1.82) is 0 Å². The lowest BCUT2D eigenvalue weighted by Gasteiger charge is -2.24. The highest BCUT2D eigenvalue weighted by Gasteiger charge is 2.38. The van der Waals surface area contributed by atoms with Gasteiger partial charge in [0.05, 0.1) is 0 Å². The van der Waals surface area contributed by atoms with Gasteiger partial charge < -0.3 is 14.8 Å². The highest BCUT2D eigenvalue weighted by Crippen LogP contribution is 2.36. The molecule has 4 nitrogen and oxygen atoms in total. The molecule has 3 aliphatic rings. The Morgan fingerprint density at radius 3 is 2.95 bits per heavy atom. The minimum atomic E-state index is 0.230. The molecule has 0 spiro atoms. The van der Waals surface area contributed by atoms with E-state index in [0.717, 1.165) is 25.3 Å². The third-order valence-electron chi connectivity index (χ3n) is 4.82. The molecule has 3 heterocycles. The molecule has 3 fully saturated rings. The number of rotatable bonds is 2. The van der Waals surface area contributed by atoms with Crippen LogP contribution in [0.25, 0.3) is 0 Å². The molecule has 2 unspecified atom stereocenters. The van der Waals surface area contributed by atoms with Crippen LogP contribution in [0.2, 0.25) is 0 Å². The van der Waals surface area contributed by atoms with E-state index in [1.165, 1.54) is 25.7 Å². The second kappa shape index (κ2) is 4.37. The van der Waals surface area contributed by atoms with E-state index in [1.54, 1.807) is 0 Å². The van der Waals surface area contributed by atoms with E-state index in [2.05, 4.69) is 21.0 Å². The summed E-state index contributed by atoms with van der Waals surface area (Å²) in [6.07, 6.45) is 7.03. The number of fused-ring (bicyclic) bond motifs is 1. The SMILES string of the molecule is O=C(c1cccn1C1CC1)N1CC2CCCNC2C1. The molecule has 0 bridgehead atoms. The Kier molecular flexibility index (Phi) is 2.65. The van der Waals surface area contributed by atoms with E-state index in [4.69, 9.17) is 0 Å². The fraction of sp³-hybridized carbons (Fsp3) is 0.667. The molecular formula is C15H21N3O. The maximum absolute atomic E-state index is 12.7. The van der Waals surface area contributed by atoms with Crippen LogP contribution in [0.1, 0.15) is 42.2 Å². The molecule has 19 heavy (non-hydrogen) atoms. The molecular weight excluding hydrogens is 238 g/mol. The lowest BCUT2D eigenvalue weighted by Crippen LogP contribution is -2.41. The van der Waals surface area contributed by atoms with Crippen LogP contribution in [-0.4, -0.2) is 41.1 Å². The Bertz CT molecular complexity index is 477. The summed E-state index contributed by atoms with van der Waals surface area (Å²) in [6, 6.07) is 5.10. The molecule has 1 aliphatic carbocycles. The zero-order chi connectivity index (χ0) is 12.8. The summed E-state index contributed by atoms with van der Waals surface area (Å²) >= 11 is 0. The second-order valence-electron chi connectivity index (χ2n) is 6.20. The van der Waals surface area contributed by atoms with Crippen LogP contribution >= 0.6 is 0 Å². The van der Waals surface area contributed by atoms with E-state index in [9.17, 15) is 4.79 Å². The molecule has 2 atom stereocenters. The number of nitrogens with zero attached hydrogens (tertiary/aromatic N) is 2. The fourth-order valence-corrected chi connectivity index (χ4v) is 3.62. The zero-order valence-corrected chi connectivity index (χ0v) is 11.2. The maximum Gasteiger partial charge on any atom is 0.270 e. The average Bonchev–Trinajstić information content (AvgIpc) is 3.02.